The van der Waals surface area contributed by atoms with Crippen molar-refractivity contribution in [3.8, 4) is 11.5 Å². The van der Waals surface area contributed by atoms with Gasteiger partial charge in [0.1, 0.15) is 17.4 Å². The van der Waals surface area contributed by atoms with Crippen LogP contribution in [-0.4, -0.2) is 29.2 Å². The van der Waals surface area contributed by atoms with Crippen molar-refractivity contribution in [2.45, 2.75) is 13.8 Å². The molecular weight excluding hydrogens is 328 g/mol. The summed E-state index contributed by atoms with van der Waals surface area (Å²) in [6, 6.07) is 10.1. The zero-order valence-electron chi connectivity index (χ0n) is 15.2. The van der Waals surface area contributed by atoms with Crippen LogP contribution < -0.4 is 14.8 Å². The Morgan fingerprint density at radius 3 is 2.42 bits per heavy atom. The zero-order chi connectivity index (χ0) is 18.3. The molecule has 0 saturated carbocycles. The summed E-state index contributed by atoms with van der Waals surface area (Å²) < 4.78 is 10.8. The summed E-state index contributed by atoms with van der Waals surface area (Å²) in [7, 11) is 3.25. The molecule has 0 bridgehead atoms. The van der Waals surface area contributed by atoms with E-state index < -0.39 is 0 Å². The first-order chi connectivity index (χ1) is 12.6. The van der Waals surface area contributed by atoms with Crippen LogP contribution in [0.5, 0.6) is 11.5 Å². The highest BCUT2D eigenvalue weighted by atomic mass is 16.5. The third kappa shape index (κ3) is 2.60. The number of H-pyrrole nitrogens is 1. The molecule has 2 aromatic carbocycles. The summed E-state index contributed by atoms with van der Waals surface area (Å²) in [5.41, 5.74) is 6.07. The second-order valence-electron chi connectivity index (χ2n) is 6.25. The maximum Gasteiger partial charge on any atom is 0.162 e. The maximum atomic E-state index is 5.41. The van der Waals surface area contributed by atoms with Crippen LogP contribution in [0, 0.1) is 13.8 Å². The number of fused-ring (bicyclic) bond motifs is 3. The van der Waals surface area contributed by atoms with E-state index in [1.165, 1.54) is 11.1 Å². The molecule has 0 amide bonds. The van der Waals surface area contributed by atoms with E-state index in [9.17, 15) is 0 Å². The van der Waals surface area contributed by atoms with Gasteiger partial charge in [-0.05, 0) is 43.2 Å². The molecule has 0 spiro atoms. The van der Waals surface area contributed by atoms with Gasteiger partial charge in [-0.25, -0.2) is 9.97 Å². The molecule has 132 valence electrons. The molecule has 0 aliphatic rings. The first-order valence-electron chi connectivity index (χ1n) is 8.33. The average Bonchev–Trinajstić information content (AvgIpc) is 3.02. The highest BCUT2D eigenvalue weighted by molar-refractivity contribution is 6.09. The van der Waals surface area contributed by atoms with Gasteiger partial charge in [-0.2, -0.15) is 0 Å². The SMILES string of the molecule is COc1cc2[nH]c3c(Nc4ccc(C)c(C)c4)ncnc3c2cc1OC. The van der Waals surface area contributed by atoms with Crippen LogP contribution in [0.1, 0.15) is 11.1 Å². The quantitative estimate of drug-likeness (QED) is 0.568. The molecule has 0 unspecified atom stereocenters. The Morgan fingerprint density at radius 1 is 0.923 bits per heavy atom. The number of methoxy groups -OCH3 is 2. The number of aromatic amines is 1. The fourth-order valence-electron chi connectivity index (χ4n) is 3.07. The largest absolute Gasteiger partial charge is 0.493 e. The number of nitrogens with zero attached hydrogens (tertiary/aromatic N) is 2. The minimum atomic E-state index is 0.670. The third-order valence-electron chi connectivity index (χ3n) is 4.66. The van der Waals surface area contributed by atoms with Gasteiger partial charge >= 0.3 is 0 Å². The molecule has 4 aromatic rings. The molecule has 0 saturated heterocycles. The number of ether oxygens (including phenoxy) is 2. The van der Waals surface area contributed by atoms with E-state index in [0.29, 0.717) is 11.5 Å². The van der Waals surface area contributed by atoms with Gasteiger partial charge in [0, 0.05) is 17.1 Å². The maximum absolute atomic E-state index is 5.41. The van der Waals surface area contributed by atoms with Crippen LogP contribution in [0.2, 0.25) is 0 Å². The van der Waals surface area contributed by atoms with Crippen LogP contribution in [0.15, 0.2) is 36.7 Å². The van der Waals surface area contributed by atoms with Crippen molar-refractivity contribution in [3.63, 3.8) is 0 Å². The van der Waals surface area contributed by atoms with E-state index >= 15 is 0 Å². The molecule has 0 aliphatic carbocycles. The molecule has 0 aliphatic heterocycles. The molecular formula is C20H20N4O2. The number of nitrogens with one attached hydrogen (secondary N) is 2. The second-order valence-corrected chi connectivity index (χ2v) is 6.25. The van der Waals surface area contributed by atoms with Crippen molar-refractivity contribution in [2.75, 3.05) is 19.5 Å². The lowest BCUT2D eigenvalue weighted by molar-refractivity contribution is 0.356. The van der Waals surface area contributed by atoms with Gasteiger partial charge in [-0.3, -0.25) is 0 Å². The van der Waals surface area contributed by atoms with Crippen molar-refractivity contribution in [2.24, 2.45) is 0 Å². The lowest BCUT2D eigenvalue weighted by atomic mass is 10.1. The summed E-state index contributed by atoms with van der Waals surface area (Å²) in [6.07, 6.45) is 1.57. The van der Waals surface area contributed by atoms with E-state index in [1.807, 2.05) is 18.2 Å². The van der Waals surface area contributed by atoms with Crippen molar-refractivity contribution < 1.29 is 9.47 Å². The van der Waals surface area contributed by atoms with Crippen molar-refractivity contribution >= 4 is 33.4 Å². The highest BCUT2D eigenvalue weighted by Crippen LogP contribution is 2.36. The first-order valence-corrected chi connectivity index (χ1v) is 8.33. The van der Waals surface area contributed by atoms with E-state index in [2.05, 4.69) is 46.2 Å². The normalized spacial score (nSPS) is 11.1. The number of aromatic nitrogens is 3. The lowest BCUT2D eigenvalue weighted by Gasteiger charge is -2.08. The number of rotatable bonds is 4. The summed E-state index contributed by atoms with van der Waals surface area (Å²) in [5, 5.41) is 4.35. The highest BCUT2D eigenvalue weighted by Gasteiger charge is 2.14. The summed E-state index contributed by atoms with van der Waals surface area (Å²) >= 11 is 0. The molecule has 6 nitrogen and oxygen atoms in total. The minimum absolute atomic E-state index is 0.670. The zero-order valence-corrected chi connectivity index (χ0v) is 15.2. The fourth-order valence-corrected chi connectivity index (χ4v) is 3.07. The molecule has 4 rings (SSSR count). The summed E-state index contributed by atoms with van der Waals surface area (Å²) in [6.45, 7) is 4.19. The van der Waals surface area contributed by atoms with E-state index in [0.717, 1.165) is 33.4 Å². The average molecular weight is 348 g/mol. The molecule has 0 radical (unpaired) electrons. The topological polar surface area (TPSA) is 72.1 Å². The van der Waals surface area contributed by atoms with Gasteiger partial charge in [-0.15, -0.1) is 0 Å². The predicted molar refractivity (Wildman–Crippen MR) is 104 cm³/mol. The Labute approximate surface area is 151 Å². The fraction of sp³-hybridized carbons (Fsp3) is 0.200. The monoisotopic (exact) mass is 348 g/mol. The molecule has 2 heterocycles. The van der Waals surface area contributed by atoms with Crippen LogP contribution >= 0.6 is 0 Å². The molecule has 0 atom stereocenters. The lowest BCUT2D eigenvalue weighted by Crippen LogP contribution is -1.96. The van der Waals surface area contributed by atoms with Gasteiger partial charge in [0.15, 0.2) is 17.3 Å². The molecule has 26 heavy (non-hydrogen) atoms. The van der Waals surface area contributed by atoms with E-state index in [-0.39, 0.29) is 0 Å². The number of anilines is 2. The van der Waals surface area contributed by atoms with E-state index in [4.69, 9.17) is 9.47 Å². The second kappa shape index (κ2) is 6.22. The van der Waals surface area contributed by atoms with Gasteiger partial charge in [0.05, 0.1) is 19.7 Å². The number of hydrogen-bond donors (Lipinski definition) is 2. The standard InChI is InChI=1S/C20H20N4O2/c1-11-5-6-13(7-12(11)2)23-20-19-18(21-10-22-20)14-8-16(25-3)17(26-4)9-15(14)24-19/h5-10,24H,1-4H3,(H,21,22,23). The van der Waals surface area contributed by atoms with Gasteiger partial charge in [0.2, 0.25) is 0 Å². The number of aryl methyl sites for hydroxylation is 2. The Morgan fingerprint density at radius 2 is 1.69 bits per heavy atom. The molecule has 6 heteroatoms. The van der Waals surface area contributed by atoms with Gasteiger partial charge in [0.25, 0.3) is 0 Å². The van der Waals surface area contributed by atoms with Crippen LogP contribution in [0.25, 0.3) is 21.9 Å². The Kier molecular flexibility index (Phi) is 3.88. The number of benzene rings is 2. The van der Waals surface area contributed by atoms with Gasteiger partial charge in [-0.1, -0.05) is 6.07 Å². The third-order valence-corrected chi connectivity index (χ3v) is 4.66. The summed E-state index contributed by atoms with van der Waals surface area (Å²) in [5.74, 6) is 2.07. The van der Waals surface area contributed by atoms with Crippen LogP contribution in [-0.2, 0) is 0 Å². The Hall–Kier alpha value is -3.28. The number of hydrogen-bond acceptors (Lipinski definition) is 5. The predicted octanol–water partition coefficient (Wildman–Crippen LogP) is 4.49. The van der Waals surface area contributed by atoms with Crippen LogP contribution in [0.4, 0.5) is 11.5 Å². The van der Waals surface area contributed by atoms with Crippen LogP contribution in [0.3, 0.4) is 0 Å². The van der Waals surface area contributed by atoms with E-state index in [1.54, 1.807) is 20.5 Å². The van der Waals surface area contributed by atoms with Crippen molar-refractivity contribution in [1.82, 2.24) is 15.0 Å². The minimum Gasteiger partial charge on any atom is -0.493 e. The van der Waals surface area contributed by atoms with Crippen molar-refractivity contribution in [3.05, 3.63) is 47.8 Å². The molecule has 2 N–H and O–H groups in total. The molecule has 0 fully saturated rings. The first kappa shape index (κ1) is 16.2. The smallest absolute Gasteiger partial charge is 0.162 e. The van der Waals surface area contributed by atoms with Gasteiger partial charge < -0.3 is 19.8 Å². The Bertz CT molecular complexity index is 1120. The molecule has 2 aromatic heterocycles. The summed E-state index contributed by atoms with van der Waals surface area (Å²) in [4.78, 5) is 12.3. The Balaban J connectivity index is 1.86. The van der Waals surface area contributed by atoms with Crippen molar-refractivity contribution in [1.29, 1.82) is 0 Å².